The van der Waals surface area contributed by atoms with Crippen LogP contribution in [-0.2, 0) is 13.0 Å². The second kappa shape index (κ2) is 10.3. The number of nitrogens with zero attached hydrogens (tertiary/aromatic N) is 6. The number of piperidine rings is 2. The molecule has 0 saturated carbocycles. The van der Waals surface area contributed by atoms with Crippen LogP contribution in [-0.4, -0.2) is 73.8 Å². The summed E-state index contributed by atoms with van der Waals surface area (Å²) in [5.41, 5.74) is 8.36. The number of nitrogen functional groups attached to an aromatic ring is 1. The van der Waals surface area contributed by atoms with Crippen LogP contribution in [0.15, 0.2) is 30.6 Å². The van der Waals surface area contributed by atoms with Crippen LogP contribution >= 0.6 is 0 Å². The monoisotopic (exact) mass is 467 g/mol. The first-order valence-electron chi connectivity index (χ1n) is 12.4. The molecule has 0 bridgehead atoms. The lowest BCUT2D eigenvalue weighted by Gasteiger charge is -2.38. The van der Waals surface area contributed by atoms with E-state index in [4.69, 9.17) is 5.73 Å². The van der Waals surface area contributed by atoms with Gasteiger partial charge in [-0.1, -0.05) is 0 Å². The molecule has 1 aromatic carbocycles. The molecule has 2 saturated heterocycles. The molecule has 2 aliphatic heterocycles. The fraction of sp³-hybridized carbons (Fsp3) is 0.560. The lowest BCUT2D eigenvalue weighted by atomic mass is 9.94. The zero-order valence-electron chi connectivity index (χ0n) is 19.6. The molecule has 0 aliphatic carbocycles. The van der Waals surface area contributed by atoms with E-state index in [0.29, 0.717) is 23.9 Å². The summed E-state index contributed by atoms with van der Waals surface area (Å²) >= 11 is 0. The number of aliphatic hydroxyl groups excluding tert-OH is 1. The Morgan fingerprint density at radius 2 is 1.71 bits per heavy atom. The third-order valence-electron chi connectivity index (χ3n) is 7.34. The Hall–Kier alpha value is -2.62. The lowest BCUT2D eigenvalue weighted by molar-refractivity contribution is 0.116. The predicted molar refractivity (Wildman–Crippen MR) is 130 cm³/mol. The van der Waals surface area contributed by atoms with Crippen LogP contribution in [0, 0.1) is 11.7 Å². The van der Waals surface area contributed by atoms with Crippen molar-refractivity contribution >= 4 is 17.0 Å². The van der Waals surface area contributed by atoms with Crippen molar-refractivity contribution in [2.24, 2.45) is 5.92 Å². The highest BCUT2D eigenvalue weighted by atomic mass is 19.1. The molecule has 0 atom stereocenters. The molecule has 3 N–H and O–H groups in total. The van der Waals surface area contributed by atoms with Gasteiger partial charge < -0.3 is 20.3 Å². The second-order valence-corrected chi connectivity index (χ2v) is 9.71. The Bertz CT molecular complexity index is 1090. The molecule has 2 fully saturated rings. The number of benzene rings is 1. The molecule has 182 valence electrons. The molecule has 4 heterocycles. The topological polar surface area (TPSA) is 96.3 Å². The first-order valence-corrected chi connectivity index (χ1v) is 12.4. The zero-order valence-corrected chi connectivity index (χ0v) is 19.6. The second-order valence-electron chi connectivity index (χ2n) is 9.71. The summed E-state index contributed by atoms with van der Waals surface area (Å²) in [6.45, 7) is 6.43. The summed E-state index contributed by atoms with van der Waals surface area (Å²) < 4.78 is 16.0. The van der Waals surface area contributed by atoms with Gasteiger partial charge in [-0.2, -0.15) is 0 Å². The fourth-order valence-corrected chi connectivity index (χ4v) is 5.56. The summed E-state index contributed by atoms with van der Waals surface area (Å²) in [6, 6.07) is 5.17. The van der Waals surface area contributed by atoms with Crippen LogP contribution in [0.25, 0.3) is 11.0 Å². The van der Waals surface area contributed by atoms with Crippen molar-refractivity contribution in [3.8, 4) is 0 Å². The first-order chi connectivity index (χ1) is 16.6. The van der Waals surface area contributed by atoms with E-state index in [-0.39, 0.29) is 12.4 Å². The van der Waals surface area contributed by atoms with Gasteiger partial charge in [-0.15, -0.1) is 0 Å². The molecular weight excluding hydrogens is 433 g/mol. The molecule has 0 radical (unpaired) electrons. The Morgan fingerprint density at radius 3 is 2.41 bits per heavy atom. The van der Waals surface area contributed by atoms with Crippen LogP contribution in [0.1, 0.15) is 43.1 Å². The SMILES string of the molecule is Nc1ncc(CN2CCC(CN3CCC(n4c(CCO)nc5cc(F)ccc54)CC3)CC2)cn1. The van der Waals surface area contributed by atoms with E-state index < -0.39 is 0 Å². The first kappa shape index (κ1) is 23.1. The molecule has 34 heavy (non-hydrogen) atoms. The average molecular weight is 468 g/mol. The number of aromatic nitrogens is 4. The zero-order chi connectivity index (χ0) is 23.5. The van der Waals surface area contributed by atoms with Crippen molar-refractivity contribution in [1.82, 2.24) is 29.3 Å². The fourth-order valence-electron chi connectivity index (χ4n) is 5.56. The van der Waals surface area contributed by atoms with Gasteiger partial charge in [0.25, 0.3) is 0 Å². The van der Waals surface area contributed by atoms with Crippen LogP contribution in [0.4, 0.5) is 10.3 Å². The molecule has 3 aromatic rings. The van der Waals surface area contributed by atoms with Gasteiger partial charge in [0, 0.05) is 62.7 Å². The number of hydrogen-bond acceptors (Lipinski definition) is 7. The van der Waals surface area contributed by atoms with Crippen molar-refractivity contribution in [2.75, 3.05) is 45.1 Å². The predicted octanol–water partition coefficient (Wildman–Crippen LogP) is 2.63. The normalized spacial score (nSPS) is 19.2. The summed E-state index contributed by atoms with van der Waals surface area (Å²) in [6.07, 6.45) is 8.68. The van der Waals surface area contributed by atoms with Gasteiger partial charge in [0.2, 0.25) is 5.95 Å². The van der Waals surface area contributed by atoms with Crippen molar-refractivity contribution in [1.29, 1.82) is 0 Å². The number of nitrogens with two attached hydrogens (primary N) is 1. The van der Waals surface area contributed by atoms with Gasteiger partial charge in [0.1, 0.15) is 11.6 Å². The lowest BCUT2D eigenvalue weighted by Crippen LogP contribution is -2.41. The van der Waals surface area contributed by atoms with Gasteiger partial charge in [-0.25, -0.2) is 19.3 Å². The van der Waals surface area contributed by atoms with Crippen molar-refractivity contribution in [2.45, 2.75) is 44.7 Å². The van der Waals surface area contributed by atoms with E-state index in [1.54, 1.807) is 0 Å². The van der Waals surface area contributed by atoms with Crippen molar-refractivity contribution < 1.29 is 9.50 Å². The Labute approximate surface area is 199 Å². The number of likely N-dealkylation sites (tertiary alicyclic amines) is 2. The molecular formula is C25H34FN7O. The smallest absolute Gasteiger partial charge is 0.219 e. The Balaban J connectivity index is 1.13. The van der Waals surface area contributed by atoms with Gasteiger partial charge in [0.15, 0.2) is 0 Å². The maximum atomic E-state index is 13.7. The summed E-state index contributed by atoms with van der Waals surface area (Å²) in [4.78, 5) is 17.9. The molecule has 0 amide bonds. The number of halogens is 1. The van der Waals surface area contributed by atoms with Crippen LogP contribution in [0.3, 0.4) is 0 Å². The number of imidazole rings is 1. The number of anilines is 1. The van der Waals surface area contributed by atoms with Gasteiger partial charge in [-0.3, -0.25) is 4.90 Å². The van der Waals surface area contributed by atoms with Gasteiger partial charge >= 0.3 is 0 Å². The quantitative estimate of drug-likeness (QED) is 0.551. The van der Waals surface area contributed by atoms with E-state index in [9.17, 15) is 9.50 Å². The molecule has 5 rings (SSSR count). The van der Waals surface area contributed by atoms with E-state index in [2.05, 4.69) is 29.3 Å². The minimum atomic E-state index is -0.268. The minimum absolute atomic E-state index is 0.0503. The van der Waals surface area contributed by atoms with E-state index in [1.807, 2.05) is 18.5 Å². The standard InChI is InChI=1S/C25H34FN7O/c26-20-1-2-23-22(13-20)30-24(7-12-34)33(23)21-5-10-32(11-6-21)16-18-3-8-31(9-4-18)17-19-14-28-25(27)29-15-19/h1-2,13-15,18,21,34H,3-12,16-17H2,(H2,27,28,29). The molecule has 8 nitrogen and oxygen atoms in total. The molecule has 0 unspecified atom stereocenters. The maximum Gasteiger partial charge on any atom is 0.219 e. The number of aliphatic hydroxyl groups is 1. The molecule has 2 aliphatic rings. The minimum Gasteiger partial charge on any atom is -0.396 e. The van der Waals surface area contributed by atoms with Crippen LogP contribution in [0.2, 0.25) is 0 Å². The summed E-state index contributed by atoms with van der Waals surface area (Å²) in [5, 5.41) is 9.51. The largest absolute Gasteiger partial charge is 0.396 e. The molecule has 0 spiro atoms. The van der Waals surface area contributed by atoms with Gasteiger partial charge in [0.05, 0.1) is 17.6 Å². The highest BCUT2D eigenvalue weighted by Crippen LogP contribution is 2.30. The Morgan fingerprint density at radius 1 is 1.00 bits per heavy atom. The Kier molecular flexibility index (Phi) is 7.03. The summed E-state index contributed by atoms with van der Waals surface area (Å²) in [7, 11) is 0. The molecule has 9 heteroatoms. The van der Waals surface area contributed by atoms with E-state index in [1.165, 1.54) is 25.0 Å². The average Bonchev–Trinajstić information content (AvgIpc) is 3.19. The number of rotatable bonds is 7. The summed E-state index contributed by atoms with van der Waals surface area (Å²) in [5.74, 6) is 1.65. The molecule has 2 aromatic heterocycles. The third-order valence-corrected chi connectivity index (χ3v) is 7.34. The van der Waals surface area contributed by atoms with Crippen LogP contribution < -0.4 is 5.73 Å². The maximum absolute atomic E-state index is 13.7. The van der Waals surface area contributed by atoms with Crippen molar-refractivity contribution in [3.05, 3.63) is 47.8 Å². The highest BCUT2D eigenvalue weighted by molar-refractivity contribution is 5.76. The van der Waals surface area contributed by atoms with Crippen molar-refractivity contribution in [3.63, 3.8) is 0 Å². The third kappa shape index (κ3) is 5.21. The van der Waals surface area contributed by atoms with Crippen LogP contribution in [0.5, 0.6) is 0 Å². The highest BCUT2D eigenvalue weighted by Gasteiger charge is 2.27. The van der Waals surface area contributed by atoms with E-state index >= 15 is 0 Å². The van der Waals surface area contributed by atoms with Gasteiger partial charge in [-0.05, 0) is 56.8 Å². The van der Waals surface area contributed by atoms with E-state index in [0.717, 1.165) is 74.9 Å². The number of fused-ring (bicyclic) bond motifs is 1. The number of hydrogen-bond donors (Lipinski definition) is 2.